The minimum Gasteiger partial charge on any atom is -0.396 e. The summed E-state index contributed by atoms with van der Waals surface area (Å²) < 4.78 is 0. The molecule has 1 aliphatic rings. The molecule has 98 valence electrons. The van der Waals surface area contributed by atoms with Crippen LogP contribution in [0.25, 0.3) is 0 Å². The van der Waals surface area contributed by atoms with Crippen molar-refractivity contribution in [3.8, 4) is 0 Å². The third-order valence-corrected chi connectivity index (χ3v) is 3.46. The van der Waals surface area contributed by atoms with Gasteiger partial charge in [-0.05, 0) is 18.4 Å². The standard InChI is InChI=1S/C14H19NO3/c16-9-11-7-12(8-13(11)17)15-14(18)6-10-4-2-1-3-5-10/h1-5,11-13,16-17H,6-9H2,(H,15,18)/t11-,12+,13+/m1/s1. The van der Waals surface area contributed by atoms with E-state index in [-0.39, 0.29) is 24.5 Å². The van der Waals surface area contributed by atoms with Crippen molar-refractivity contribution < 1.29 is 15.0 Å². The van der Waals surface area contributed by atoms with Crippen molar-refractivity contribution >= 4 is 5.91 Å². The van der Waals surface area contributed by atoms with E-state index in [1.54, 1.807) is 0 Å². The summed E-state index contributed by atoms with van der Waals surface area (Å²) in [6.45, 7) is -0.0216. The second-order valence-corrected chi connectivity index (χ2v) is 4.91. The molecule has 0 aliphatic heterocycles. The van der Waals surface area contributed by atoms with Crippen molar-refractivity contribution in [2.45, 2.75) is 31.4 Å². The van der Waals surface area contributed by atoms with E-state index in [0.29, 0.717) is 19.3 Å². The fourth-order valence-corrected chi connectivity index (χ4v) is 2.48. The lowest BCUT2D eigenvalue weighted by Gasteiger charge is -2.12. The molecule has 4 nitrogen and oxygen atoms in total. The summed E-state index contributed by atoms with van der Waals surface area (Å²) in [5.41, 5.74) is 0.979. The van der Waals surface area contributed by atoms with E-state index in [2.05, 4.69) is 5.32 Å². The van der Waals surface area contributed by atoms with Gasteiger partial charge in [-0.15, -0.1) is 0 Å². The second kappa shape index (κ2) is 5.98. The van der Waals surface area contributed by atoms with Crippen LogP contribution in [0.4, 0.5) is 0 Å². The van der Waals surface area contributed by atoms with Crippen LogP contribution in [0.1, 0.15) is 18.4 Å². The van der Waals surface area contributed by atoms with Gasteiger partial charge in [0.1, 0.15) is 0 Å². The Labute approximate surface area is 107 Å². The molecule has 4 heteroatoms. The topological polar surface area (TPSA) is 69.6 Å². The molecule has 1 aromatic carbocycles. The van der Waals surface area contributed by atoms with Gasteiger partial charge in [0.15, 0.2) is 0 Å². The summed E-state index contributed by atoms with van der Waals surface area (Å²) in [4.78, 5) is 11.8. The Morgan fingerprint density at radius 3 is 2.61 bits per heavy atom. The van der Waals surface area contributed by atoms with Gasteiger partial charge in [-0.1, -0.05) is 30.3 Å². The van der Waals surface area contributed by atoms with E-state index in [4.69, 9.17) is 5.11 Å². The first-order valence-electron chi connectivity index (χ1n) is 6.31. The summed E-state index contributed by atoms with van der Waals surface area (Å²) >= 11 is 0. The van der Waals surface area contributed by atoms with Crippen LogP contribution in [-0.2, 0) is 11.2 Å². The molecule has 1 aromatic rings. The van der Waals surface area contributed by atoms with Gasteiger partial charge in [0.25, 0.3) is 0 Å². The highest BCUT2D eigenvalue weighted by atomic mass is 16.3. The quantitative estimate of drug-likeness (QED) is 0.727. The number of carbonyl (C=O) groups excluding carboxylic acids is 1. The van der Waals surface area contributed by atoms with Crippen LogP contribution in [-0.4, -0.2) is 34.9 Å². The Hall–Kier alpha value is -1.39. The van der Waals surface area contributed by atoms with E-state index < -0.39 is 6.10 Å². The number of aliphatic hydroxyl groups excluding tert-OH is 2. The van der Waals surface area contributed by atoms with E-state index >= 15 is 0 Å². The van der Waals surface area contributed by atoms with Gasteiger partial charge < -0.3 is 15.5 Å². The number of amides is 1. The number of nitrogens with one attached hydrogen (secondary N) is 1. The Balaban J connectivity index is 1.82. The molecule has 18 heavy (non-hydrogen) atoms. The van der Waals surface area contributed by atoms with Crippen LogP contribution in [0.15, 0.2) is 30.3 Å². The molecule has 3 atom stereocenters. The van der Waals surface area contributed by atoms with Crippen molar-refractivity contribution in [2.75, 3.05) is 6.61 Å². The molecule has 0 saturated heterocycles. The lowest BCUT2D eigenvalue weighted by Crippen LogP contribution is -2.34. The Bertz CT molecular complexity index is 393. The maximum atomic E-state index is 11.8. The van der Waals surface area contributed by atoms with Gasteiger partial charge in [0.05, 0.1) is 12.5 Å². The highest BCUT2D eigenvalue weighted by molar-refractivity contribution is 5.78. The van der Waals surface area contributed by atoms with Crippen molar-refractivity contribution in [3.05, 3.63) is 35.9 Å². The number of benzene rings is 1. The van der Waals surface area contributed by atoms with E-state index in [9.17, 15) is 9.90 Å². The van der Waals surface area contributed by atoms with Crippen LogP contribution >= 0.6 is 0 Å². The summed E-state index contributed by atoms with van der Waals surface area (Å²) in [7, 11) is 0. The summed E-state index contributed by atoms with van der Waals surface area (Å²) in [5.74, 6) is -0.135. The zero-order valence-corrected chi connectivity index (χ0v) is 10.2. The monoisotopic (exact) mass is 249 g/mol. The number of aliphatic hydroxyl groups is 2. The van der Waals surface area contributed by atoms with Crippen LogP contribution in [0.3, 0.4) is 0 Å². The molecular formula is C14H19NO3. The van der Waals surface area contributed by atoms with Gasteiger partial charge in [0.2, 0.25) is 5.91 Å². The van der Waals surface area contributed by atoms with E-state index in [1.165, 1.54) is 0 Å². The number of rotatable bonds is 4. The largest absolute Gasteiger partial charge is 0.396 e. The average Bonchev–Trinajstić information content (AvgIpc) is 2.70. The minimum atomic E-state index is -0.503. The Morgan fingerprint density at radius 2 is 2.00 bits per heavy atom. The number of carbonyl (C=O) groups is 1. The SMILES string of the molecule is O=C(Cc1ccccc1)N[C@H]1C[C@H](CO)[C@@H](O)C1. The summed E-state index contributed by atoms with van der Waals surface area (Å²) in [5, 5.41) is 21.6. The molecule has 0 spiro atoms. The van der Waals surface area contributed by atoms with Crippen LogP contribution in [0, 0.1) is 5.92 Å². The third-order valence-electron chi connectivity index (χ3n) is 3.46. The third kappa shape index (κ3) is 3.31. The smallest absolute Gasteiger partial charge is 0.224 e. The van der Waals surface area contributed by atoms with Crippen molar-refractivity contribution in [1.29, 1.82) is 0 Å². The average molecular weight is 249 g/mol. The molecule has 3 N–H and O–H groups in total. The Kier molecular flexibility index (Phi) is 4.33. The molecule has 0 heterocycles. The molecule has 0 unspecified atom stereocenters. The second-order valence-electron chi connectivity index (χ2n) is 4.91. The number of hydrogen-bond donors (Lipinski definition) is 3. The van der Waals surface area contributed by atoms with Crippen LogP contribution in [0.2, 0.25) is 0 Å². The fourth-order valence-electron chi connectivity index (χ4n) is 2.48. The highest BCUT2D eigenvalue weighted by Gasteiger charge is 2.33. The Morgan fingerprint density at radius 1 is 1.28 bits per heavy atom. The lowest BCUT2D eigenvalue weighted by molar-refractivity contribution is -0.121. The van der Waals surface area contributed by atoms with Crippen molar-refractivity contribution in [2.24, 2.45) is 5.92 Å². The van der Waals surface area contributed by atoms with Crippen molar-refractivity contribution in [1.82, 2.24) is 5.32 Å². The fraction of sp³-hybridized carbons (Fsp3) is 0.500. The molecule has 1 amide bonds. The van der Waals surface area contributed by atoms with Gasteiger partial charge in [-0.2, -0.15) is 0 Å². The predicted molar refractivity (Wildman–Crippen MR) is 67.9 cm³/mol. The zero-order valence-electron chi connectivity index (χ0n) is 10.2. The molecule has 1 saturated carbocycles. The maximum absolute atomic E-state index is 11.8. The van der Waals surface area contributed by atoms with Gasteiger partial charge in [-0.25, -0.2) is 0 Å². The first-order valence-corrected chi connectivity index (χ1v) is 6.31. The molecule has 1 fully saturated rings. The summed E-state index contributed by atoms with van der Waals surface area (Å²) in [6.07, 6.45) is 1.04. The van der Waals surface area contributed by atoms with Gasteiger partial charge >= 0.3 is 0 Å². The lowest BCUT2D eigenvalue weighted by atomic mass is 10.1. The highest BCUT2D eigenvalue weighted by Crippen LogP contribution is 2.25. The van der Waals surface area contributed by atoms with Crippen LogP contribution in [0.5, 0.6) is 0 Å². The van der Waals surface area contributed by atoms with Gasteiger partial charge in [-0.3, -0.25) is 4.79 Å². The molecular weight excluding hydrogens is 230 g/mol. The molecule has 2 rings (SSSR count). The van der Waals surface area contributed by atoms with E-state index in [1.807, 2.05) is 30.3 Å². The van der Waals surface area contributed by atoms with Crippen molar-refractivity contribution in [3.63, 3.8) is 0 Å². The number of hydrogen-bond acceptors (Lipinski definition) is 3. The molecule has 0 bridgehead atoms. The molecule has 0 aromatic heterocycles. The molecule has 0 radical (unpaired) electrons. The first-order chi connectivity index (χ1) is 8.69. The van der Waals surface area contributed by atoms with E-state index in [0.717, 1.165) is 5.56 Å². The summed E-state index contributed by atoms with van der Waals surface area (Å²) in [6, 6.07) is 9.54. The zero-order chi connectivity index (χ0) is 13.0. The normalized spacial score (nSPS) is 27.1. The molecule has 1 aliphatic carbocycles. The minimum absolute atomic E-state index is 0.0200. The van der Waals surface area contributed by atoms with Gasteiger partial charge in [0, 0.05) is 18.6 Å². The predicted octanol–water partition coefficient (Wildman–Crippen LogP) is 0.477. The first kappa shape index (κ1) is 13.1. The maximum Gasteiger partial charge on any atom is 0.224 e. The van der Waals surface area contributed by atoms with Crippen LogP contribution < -0.4 is 5.32 Å².